The molecule has 1 aliphatic rings. The molecule has 37 heavy (non-hydrogen) atoms. The van der Waals surface area contributed by atoms with Gasteiger partial charge in [0.15, 0.2) is 16.9 Å². The number of ether oxygens (including phenoxy) is 2. The molecule has 7 heteroatoms. The summed E-state index contributed by atoms with van der Waals surface area (Å²) in [6.45, 7) is 9.14. The van der Waals surface area contributed by atoms with Gasteiger partial charge < -0.3 is 13.9 Å². The molecule has 190 valence electrons. The van der Waals surface area contributed by atoms with E-state index in [2.05, 4.69) is 18.8 Å². The third kappa shape index (κ3) is 4.57. The van der Waals surface area contributed by atoms with Gasteiger partial charge >= 0.3 is 0 Å². The monoisotopic (exact) mass is 498 g/mol. The quantitative estimate of drug-likeness (QED) is 0.293. The fraction of sp³-hybridized carbons (Fsp3) is 0.300. The van der Waals surface area contributed by atoms with Gasteiger partial charge in [0.1, 0.15) is 11.4 Å². The third-order valence-electron chi connectivity index (χ3n) is 6.46. The van der Waals surface area contributed by atoms with E-state index in [0.717, 1.165) is 12.0 Å². The van der Waals surface area contributed by atoms with Gasteiger partial charge in [-0.15, -0.1) is 0 Å². The van der Waals surface area contributed by atoms with Crippen LogP contribution in [0.3, 0.4) is 0 Å². The van der Waals surface area contributed by atoms with E-state index in [1.54, 1.807) is 36.5 Å². The highest BCUT2D eigenvalue weighted by Crippen LogP contribution is 2.42. The third-order valence-corrected chi connectivity index (χ3v) is 6.46. The molecule has 0 saturated heterocycles. The first-order valence-electron chi connectivity index (χ1n) is 12.6. The minimum absolute atomic E-state index is 0.0336. The molecular weight excluding hydrogens is 468 g/mol. The average Bonchev–Trinajstić information content (AvgIpc) is 3.18. The zero-order valence-corrected chi connectivity index (χ0v) is 21.5. The summed E-state index contributed by atoms with van der Waals surface area (Å²) in [6, 6.07) is 15.5. The van der Waals surface area contributed by atoms with E-state index < -0.39 is 11.9 Å². The van der Waals surface area contributed by atoms with E-state index in [9.17, 15) is 9.59 Å². The van der Waals surface area contributed by atoms with Crippen molar-refractivity contribution in [2.24, 2.45) is 5.92 Å². The summed E-state index contributed by atoms with van der Waals surface area (Å²) >= 11 is 0. The van der Waals surface area contributed by atoms with Crippen LogP contribution in [0, 0.1) is 12.8 Å². The van der Waals surface area contributed by atoms with Gasteiger partial charge in [-0.2, -0.15) is 0 Å². The minimum atomic E-state index is -0.734. The Morgan fingerprint density at radius 1 is 1.03 bits per heavy atom. The highest BCUT2D eigenvalue weighted by molar-refractivity contribution is 6.10. The van der Waals surface area contributed by atoms with Crippen molar-refractivity contribution in [1.29, 1.82) is 0 Å². The Kier molecular flexibility index (Phi) is 6.70. The van der Waals surface area contributed by atoms with Gasteiger partial charge in [0.25, 0.3) is 5.91 Å². The maximum atomic E-state index is 13.7. The van der Waals surface area contributed by atoms with Crippen LogP contribution in [0.5, 0.6) is 11.5 Å². The summed E-state index contributed by atoms with van der Waals surface area (Å²) in [5.74, 6) is 1.76. The molecule has 3 heterocycles. The second-order valence-corrected chi connectivity index (χ2v) is 9.61. The largest absolute Gasteiger partial charge is 0.490 e. The lowest BCUT2D eigenvalue weighted by Crippen LogP contribution is -2.30. The Morgan fingerprint density at radius 2 is 1.84 bits per heavy atom. The Labute approximate surface area is 215 Å². The van der Waals surface area contributed by atoms with E-state index >= 15 is 0 Å². The number of pyridine rings is 1. The van der Waals surface area contributed by atoms with Crippen LogP contribution in [0.2, 0.25) is 0 Å². The Balaban J connectivity index is 1.67. The number of aryl methyl sites for hydroxylation is 1. The maximum absolute atomic E-state index is 13.7. The van der Waals surface area contributed by atoms with Crippen molar-refractivity contribution >= 4 is 22.7 Å². The number of anilines is 1. The predicted molar refractivity (Wildman–Crippen MR) is 143 cm³/mol. The molecule has 0 radical (unpaired) electrons. The standard InChI is InChI=1S/C30H30N2O5/c1-5-35-24-16-20(11-12-23(24)36-15-14-18(2)3)27-26-28(33)21-8-6-7-9-22(21)37-29(26)30(34)32(27)25-13-10-19(4)17-31-25/h6-13,16-18,27H,5,14-15H2,1-4H3/t27-/m1/s1. The number of carbonyl (C=O) groups excluding carboxylic acids is 1. The lowest BCUT2D eigenvalue weighted by atomic mass is 9.98. The van der Waals surface area contributed by atoms with Crippen molar-refractivity contribution < 1.29 is 18.7 Å². The molecule has 2 aromatic heterocycles. The molecular formula is C30H30N2O5. The molecule has 1 amide bonds. The summed E-state index contributed by atoms with van der Waals surface area (Å²) < 4.78 is 18.0. The number of rotatable bonds is 8. The Morgan fingerprint density at radius 3 is 2.57 bits per heavy atom. The van der Waals surface area contributed by atoms with Gasteiger partial charge in [-0.3, -0.25) is 14.5 Å². The fourth-order valence-electron chi connectivity index (χ4n) is 4.56. The highest BCUT2D eigenvalue weighted by Gasteiger charge is 2.44. The first-order valence-corrected chi connectivity index (χ1v) is 12.6. The van der Waals surface area contributed by atoms with Crippen molar-refractivity contribution in [2.75, 3.05) is 18.1 Å². The van der Waals surface area contributed by atoms with Gasteiger partial charge in [-0.1, -0.05) is 38.1 Å². The first-order chi connectivity index (χ1) is 17.9. The summed E-state index contributed by atoms with van der Waals surface area (Å²) in [6.07, 6.45) is 2.62. The number of amides is 1. The van der Waals surface area contributed by atoms with Gasteiger partial charge in [-0.05, 0) is 67.6 Å². The van der Waals surface area contributed by atoms with Crippen LogP contribution in [0.1, 0.15) is 60.5 Å². The number of aromatic nitrogens is 1. The number of fused-ring (bicyclic) bond motifs is 2. The lowest BCUT2D eigenvalue weighted by molar-refractivity contribution is 0.0970. The molecule has 0 N–H and O–H groups in total. The number of carbonyl (C=O) groups is 1. The Bertz CT molecular complexity index is 1510. The molecule has 0 aliphatic carbocycles. The van der Waals surface area contributed by atoms with Gasteiger partial charge in [0.2, 0.25) is 5.76 Å². The van der Waals surface area contributed by atoms with Gasteiger partial charge in [-0.25, -0.2) is 4.98 Å². The van der Waals surface area contributed by atoms with Crippen molar-refractivity contribution in [3.63, 3.8) is 0 Å². The van der Waals surface area contributed by atoms with E-state index in [1.165, 1.54) is 4.90 Å². The van der Waals surface area contributed by atoms with Crippen molar-refractivity contribution in [3.05, 3.63) is 93.5 Å². The average molecular weight is 499 g/mol. The molecule has 0 unspecified atom stereocenters. The highest BCUT2D eigenvalue weighted by atomic mass is 16.5. The SMILES string of the molecule is CCOc1cc([C@@H]2c3c(oc4ccccc4c3=O)C(=O)N2c2ccc(C)cn2)ccc1OCCC(C)C. The number of hydrogen-bond donors (Lipinski definition) is 0. The van der Waals surface area contributed by atoms with Crippen LogP contribution in [0.4, 0.5) is 5.82 Å². The second kappa shape index (κ2) is 10.1. The van der Waals surface area contributed by atoms with Crippen LogP contribution in [0.25, 0.3) is 11.0 Å². The van der Waals surface area contributed by atoms with Gasteiger partial charge in [0.05, 0.1) is 30.2 Å². The zero-order valence-electron chi connectivity index (χ0n) is 21.5. The normalized spacial score (nSPS) is 14.9. The molecule has 0 fully saturated rings. The second-order valence-electron chi connectivity index (χ2n) is 9.61. The fourth-order valence-corrected chi connectivity index (χ4v) is 4.56. The molecule has 0 bridgehead atoms. The minimum Gasteiger partial charge on any atom is -0.490 e. The number of benzene rings is 2. The van der Waals surface area contributed by atoms with Crippen molar-refractivity contribution in [1.82, 2.24) is 4.98 Å². The topological polar surface area (TPSA) is 81.9 Å². The van der Waals surface area contributed by atoms with Crippen LogP contribution in [0.15, 0.2) is 70.0 Å². The molecule has 7 nitrogen and oxygen atoms in total. The zero-order chi connectivity index (χ0) is 26.1. The molecule has 0 saturated carbocycles. The van der Waals surface area contributed by atoms with Crippen LogP contribution >= 0.6 is 0 Å². The molecule has 1 atom stereocenters. The first kappa shape index (κ1) is 24.6. The Hall–Kier alpha value is -4.13. The van der Waals surface area contributed by atoms with Crippen LogP contribution in [-0.4, -0.2) is 24.1 Å². The van der Waals surface area contributed by atoms with Crippen LogP contribution < -0.4 is 19.8 Å². The van der Waals surface area contributed by atoms with E-state index in [1.807, 2.05) is 38.1 Å². The number of hydrogen-bond acceptors (Lipinski definition) is 6. The summed E-state index contributed by atoms with van der Waals surface area (Å²) in [7, 11) is 0. The maximum Gasteiger partial charge on any atom is 0.296 e. The molecule has 4 aromatic rings. The number of para-hydroxylation sites is 1. The van der Waals surface area contributed by atoms with E-state index in [-0.39, 0.29) is 11.2 Å². The molecule has 2 aromatic carbocycles. The predicted octanol–water partition coefficient (Wildman–Crippen LogP) is 6.07. The van der Waals surface area contributed by atoms with E-state index in [4.69, 9.17) is 13.9 Å². The lowest BCUT2D eigenvalue weighted by Gasteiger charge is -2.25. The number of nitrogens with zero attached hydrogens (tertiary/aromatic N) is 2. The van der Waals surface area contributed by atoms with Crippen molar-refractivity contribution in [3.8, 4) is 11.5 Å². The molecule has 5 rings (SSSR count). The molecule has 1 aliphatic heterocycles. The summed E-state index contributed by atoms with van der Waals surface area (Å²) in [5.41, 5.74) is 2.10. The summed E-state index contributed by atoms with van der Waals surface area (Å²) in [5, 5.41) is 0.427. The van der Waals surface area contributed by atoms with Crippen molar-refractivity contribution in [2.45, 2.75) is 40.2 Å². The smallest absolute Gasteiger partial charge is 0.296 e. The molecule has 0 spiro atoms. The van der Waals surface area contributed by atoms with Crippen LogP contribution in [-0.2, 0) is 0 Å². The van der Waals surface area contributed by atoms with E-state index in [0.29, 0.717) is 58.5 Å². The summed E-state index contributed by atoms with van der Waals surface area (Å²) in [4.78, 5) is 33.5. The van der Waals surface area contributed by atoms with Gasteiger partial charge in [0, 0.05) is 6.20 Å².